The number of ether oxygens (including phenoxy) is 1. The Bertz CT molecular complexity index is 1770. The van der Waals surface area contributed by atoms with Gasteiger partial charge in [0, 0.05) is 31.4 Å². The van der Waals surface area contributed by atoms with Gasteiger partial charge < -0.3 is 34.9 Å². The monoisotopic (exact) mass is 612 g/mol. The Morgan fingerprint density at radius 3 is 2.44 bits per heavy atom. The number of aliphatic hydroxyl groups is 1. The van der Waals surface area contributed by atoms with E-state index in [9.17, 15) is 14.7 Å². The predicted octanol–water partition coefficient (Wildman–Crippen LogP) is 4.75. The van der Waals surface area contributed by atoms with Gasteiger partial charge in [-0.25, -0.2) is 4.98 Å². The molecule has 1 amide bonds. The Hall–Kier alpha value is -4.15. The molecule has 0 unspecified atom stereocenters. The predicted molar refractivity (Wildman–Crippen MR) is 177 cm³/mol. The van der Waals surface area contributed by atoms with Crippen LogP contribution in [0.25, 0.3) is 22.4 Å². The first-order valence-electron chi connectivity index (χ1n) is 16.0. The molecule has 0 aliphatic carbocycles. The number of nitrogens with zero attached hydrogens (tertiary/aromatic N) is 3. The summed E-state index contributed by atoms with van der Waals surface area (Å²) in [4.78, 5) is 41.4. The van der Waals surface area contributed by atoms with E-state index in [-0.39, 0.29) is 24.6 Å². The van der Waals surface area contributed by atoms with Crippen molar-refractivity contribution in [1.82, 2.24) is 24.8 Å². The molecule has 10 heteroatoms. The van der Waals surface area contributed by atoms with E-state index in [0.29, 0.717) is 34.7 Å². The number of nitrogens with one attached hydrogen (secondary N) is 3. The molecule has 45 heavy (non-hydrogen) atoms. The van der Waals surface area contributed by atoms with Crippen LogP contribution in [0.2, 0.25) is 0 Å². The van der Waals surface area contributed by atoms with Crippen LogP contribution in [0.4, 0.5) is 5.69 Å². The van der Waals surface area contributed by atoms with Crippen molar-refractivity contribution in [3.8, 4) is 17.1 Å². The van der Waals surface area contributed by atoms with Gasteiger partial charge in [0.15, 0.2) is 0 Å². The van der Waals surface area contributed by atoms with E-state index in [1.165, 1.54) is 29.5 Å². The van der Waals surface area contributed by atoms with Gasteiger partial charge in [0.25, 0.3) is 11.5 Å². The Labute approximate surface area is 263 Å². The number of carbonyl (C=O) groups is 1. The molecule has 2 aromatic heterocycles. The zero-order valence-corrected chi connectivity index (χ0v) is 27.0. The number of aromatic nitrogens is 3. The van der Waals surface area contributed by atoms with E-state index in [1.54, 1.807) is 12.3 Å². The number of carbonyl (C=O) groups excluding carboxylic acids is 1. The van der Waals surface area contributed by atoms with Crippen molar-refractivity contribution >= 4 is 22.6 Å². The van der Waals surface area contributed by atoms with Gasteiger partial charge >= 0.3 is 0 Å². The summed E-state index contributed by atoms with van der Waals surface area (Å²) in [6.07, 6.45) is 4.26. The van der Waals surface area contributed by atoms with Gasteiger partial charge in [-0.3, -0.25) is 9.59 Å². The Balaban J connectivity index is 1.13. The highest BCUT2D eigenvalue weighted by atomic mass is 16.5. The number of hydrogen-bond donors (Lipinski definition) is 4. The maximum atomic E-state index is 13.2. The minimum atomic E-state index is -0.819. The topological polar surface area (TPSA) is 127 Å². The van der Waals surface area contributed by atoms with Crippen LogP contribution in [0.5, 0.6) is 5.75 Å². The van der Waals surface area contributed by atoms with Crippen LogP contribution in [-0.2, 0) is 6.54 Å². The number of aliphatic hydroxyl groups excluding tert-OH is 1. The highest BCUT2D eigenvalue weighted by Gasteiger charge is 2.29. The number of hydrogen-bond acceptors (Lipinski definition) is 7. The summed E-state index contributed by atoms with van der Waals surface area (Å²) in [6, 6.07) is 5.56. The maximum Gasteiger partial charge on any atom is 0.261 e. The fraction of sp³-hybridized carbons (Fsp3) is 0.457. The second-order valence-corrected chi connectivity index (χ2v) is 12.6. The minimum absolute atomic E-state index is 0.0374. The van der Waals surface area contributed by atoms with E-state index >= 15 is 0 Å². The summed E-state index contributed by atoms with van der Waals surface area (Å²) in [5.41, 5.74) is 9.42. The molecule has 0 radical (unpaired) electrons. The van der Waals surface area contributed by atoms with Crippen LogP contribution < -0.4 is 15.6 Å². The van der Waals surface area contributed by atoms with Crippen LogP contribution in [0.15, 0.2) is 29.2 Å². The zero-order chi connectivity index (χ0) is 31.8. The molecular weight excluding hydrogens is 568 g/mol. The molecule has 238 valence electrons. The standard InChI is InChI=1S/C35H44N6O4/c1-20-21(2)23(4)32(24(5)22(20)3)45-19-26(42)17-37-28-9-10-36-34(43)31(28)33-38-29-15-25-18-41(14-8-13-40-11-6-7-12-40)35(44)27(25)16-30(29)39-33/h9-10,15-16,26,42H,6-8,11-14,17-19H2,1-5H3,(H,38,39)(H2,36,37,43)/t26-/m1/s1. The summed E-state index contributed by atoms with van der Waals surface area (Å²) in [6.45, 7) is 15.3. The van der Waals surface area contributed by atoms with Gasteiger partial charge in [-0.05, 0) is 125 Å². The molecule has 4 N–H and O–H groups in total. The summed E-state index contributed by atoms with van der Waals surface area (Å²) in [5, 5.41) is 14.0. The molecule has 0 spiro atoms. The first-order chi connectivity index (χ1) is 21.6. The molecule has 10 nitrogen and oxygen atoms in total. The van der Waals surface area contributed by atoms with Crippen LogP contribution in [0.3, 0.4) is 0 Å². The molecule has 1 saturated heterocycles. The highest BCUT2D eigenvalue weighted by Crippen LogP contribution is 2.33. The third kappa shape index (κ3) is 6.09. The average molecular weight is 613 g/mol. The third-order valence-corrected chi connectivity index (χ3v) is 9.76. The molecule has 1 fully saturated rings. The van der Waals surface area contributed by atoms with Crippen molar-refractivity contribution in [2.75, 3.05) is 44.6 Å². The van der Waals surface area contributed by atoms with Crippen molar-refractivity contribution in [3.05, 3.63) is 73.7 Å². The molecule has 2 aromatic carbocycles. The number of fused-ring (bicyclic) bond motifs is 2. The largest absolute Gasteiger partial charge is 0.490 e. The lowest BCUT2D eigenvalue weighted by molar-refractivity contribution is 0.0772. The van der Waals surface area contributed by atoms with E-state index < -0.39 is 6.10 Å². The first kappa shape index (κ1) is 30.9. The van der Waals surface area contributed by atoms with Gasteiger partial charge in [-0.1, -0.05) is 0 Å². The SMILES string of the molecule is Cc1c(C)c(C)c(OC[C@H](O)CNc2cc[nH]c(=O)c2-c2nc3cc4c(cc3[nH]2)CN(CCCN2CCCC2)C4=O)c(C)c1C. The molecule has 0 bridgehead atoms. The second kappa shape index (κ2) is 12.7. The van der Waals surface area contributed by atoms with Gasteiger partial charge in [0.1, 0.15) is 29.8 Å². The molecule has 2 aliphatic rings. The quantitative estimate of drug-likeness (QED) is 0.193. The van der Waals surface area contributed by atoms with Crippen LogP contribution in [0.1, 0.15) is 63.0 Å². The molecule has 6 rings (SSSR count). The number of benzene rings is 2. The third-order valence-electron chi connectivity index (χ3n) is 9.76. The maximum absolute atomic E-state index is 13.2. The normalized spacial score (nSPS) is 15.7. The summed E-state index contributed by atoms with van der Waals surface area (Å²) < 4.78 is 6.10. The van der Waals surface area contributed by atoms with Crippen molar-refractivity contribution in [1.29, 1.82) is 0 Å². The molecule has 0 saturated carbocycles. The smallest absolute Gasteiger partial charge is 0.261 e. The molecule has 1 atom stereocenters. The van der Waals surface area contributed by atoms with Gasteiger partial charge in [-0.2, -0.15) is 0 Å². The van der Waals surface area contributed by atoms with Crippen molar-refractivity contribution in [2.45, 2.75) is 66.5 Å². The van der Waals surface area contributed by atoms with Crippen molar-refractivity contribution < 1.29 is 14.6 Å². The number of anilines is 1. The van der Waals surface area contributed by atoms with Gasteiger partial charge in [0.05, 0.1) is 16.7 Å². The Morgan fingerprint density at radius 1 is 1.00 bits per heavy atom. The lowest BCUT2D eigenvalue weighted by Gasteiger charge is -2.21. The molecule has 4 heterocycles. The van der Waals surface area contributed by atoms with E-state index in [2.05, 4.69) is 41.0 Å². The molecule has 4 aromatic rings. The number of aromatic amines is 2. The fourth-order valence-corrected chi connectivity index (χ4v) is 6.68. The van der Waals surface area contributed by atoms with E-state index in [0.717, 1.165) is 60.6 Å². The first-order valence-corrected chi connectivity index (χ1v) is 16.0. The minimum Gasteiger partial charge on any atom is -0.490 e. The van der Waals surface area contributed by atoms with Crippen LogP contribution >= 0.6 is 0 Å². The Kier molecular flexibility index (Phi) is 8.70. The molecule has 2 aliphatic heterocycles. The number of pyridine rings is 1. The van der Waals surface area contributed by atoms with Gasteiger partial charge in [-0.15, -0.1) is 0 Å². The van der Waals surface area contributed by atoms with Crippen molar-refractivity contribution in [3.63, 3.8) is 0 Å². The van der Waals surface area contributed by atoms with Crippen LogP contribution in [-0.4, -0.2) is 81.2 Å². The number of amides is 1. The fourth-order valence-electron chi connectivity index (χ4n) is 6.68. The number of likely N-dealkylation sites (tertiary alicyclic amines) is 1. The molecular formula is C35H44N6O4. The van der Waals surface area contributed by atoms with E-state index in [1.807, 2.05) is 30.9 Å². The Morgan fingerprint density at radius 2 is 1.71 bits per heavy atom. The highest BCUT2D eigenvalue weighted by molar-refractivity contribution is 6.02. The number of H-pyrrole nitrogens is 2. The average Bonchev–Trinajstić information content (AvgIpc) is 3.76. The van der Waals surface area contributed by atoms with Crippen LogP contribution in [0, 0.1) is 34.6 Å². The van der Waals surface area contributed by atoms with Gasteiger partial charge in [0.2, 0.25) is 0 Å². The summed E-state index contributed by atoms with van der Waals surface area (Å²) in [7, 11) is 0. The zero-order valence-electron chi connectivity index (χ0n) is 27.0. The second-order valence-electron chi connectivity index (χ2n) is 12.6. The van der Waals surface area contributed by atoms with Crippen molar-refractivity contribution in [2.24, 2.45) is 0 Å². The lowest BCUT2D eigenvalue weighted by atomic mass is 9.94. The lowest BCUT2D eigenvalue weighted by Crippen LogP contribution is -2.29. The number of rotatable bonds is 11. The number of imidazole rings is 1. The summed E-state index contributed by atoms with van der Waals surface area (Å²) >= 11 is 0. The summed E-state index contributed by atoms with van der Waals surface area (Å²) in [5.74, 6) is 1.25. The van der Waals surface area contributed by atoms with E-state index in [4.69, 9.17) is 9.72 Å².